The topological polar surface area (TPSA) is 41.5 Å². The van der Waals surface area contributed by atoms with Crippen molar-refractivity contribution < 1.29 is 9.84 Å². The summed E-state index contributed by atoms with van der Waals surface area (Å²) in [6.45, 7) is 3.69. The predicted octanol–water partition coefficient (Wildman–Crippen LogP) is 1.69. The van der Waals surface area contributed by atoms with Crippen molar-refractivity contribution in [2.45, 2.75) is 19.1 Å². The number of phenolic OH excluding ortho intramolecular Hbond substituents is 1. The molecule has 0 radical (unpaired) electrons. The molecule has 15 heavy (non-hydrogen) atoms. The van der Waals surface area contributed by atoms with Gasteiger partial charge in [0.05, 0.1) is 6.61 Å². The summed E-state index contributed by atoms with van der Waals surface area (Å²) in [5.74, 6) is 0.309. The van der Waals surface area contributed by atoms with Crippen LogP contribution in [0.15, 0.2) is 24.3 Å². The van der Waals surface area contributed by atoms with Gasteiger partial charge in [-0.05, 0) is 24.6 Å². The van der Waals surface area contributed by atoms with Crippen LogP contribution in [0.25, 0.3) is 0 Å². The molecule has 1 aliphatic rings. The van der Waals surface area contributed by atoms with Crippen molar-refractivity contribution in [1.82, 2.24) is 5.32 Å². The highest BCUT2D eigenvalue weighted by Gasteiger charge is 2.29. The Morgan fingerprint density at radius 1 is 1.53 bits per heavy atom. The molecule has 1 saturated heterocycles. The van der Waals surface area contributed by atoms with Crippen LogP contribution in [-0.4, -0.2) is 24.0 Å². The van der Waals surface area contributed by atoms with Crippen molar-refractivity contribution >= 4 is 12.4 Å². The number of rotatable bonds is 2. The van der Waals surface area contributed by atoms with E-state index >= 15 is 0 Å². The van der Waals surface area contributed by atoms with Crippen LogP contribution in [0.5, 0.6) is 5.75 Å². The molecule has 1 aromatic carbocycles. The van der Waals surface area contributed by atoms with Crippen molar-refractivity contribution in [2.75, 3.05) is 13.2 Å². The monoisotopic (exact) mass is 229 g/mol. The van der Waals surface area contributed by atoms with Gasteiger partial charge in [-0.3, -0.25) is 5.32 Å². The zero-order chi connectivity index (χ0) is 10.0. The first-order valence-electron chi connectivity index (χ1n) is 4.85. The minimum absolute atomic E-state index is 0. The molecule has 0 aromatic heterocycles. The first kappa shape index (κ1) is 12.3. The van der Waals surface area contributed by atoms with Crippen LogP contribution in [0.3, 0.4) is 0 Å². The Morgan fingerprint density at radius 2 is 2.33 bits per heavy atom. The molecule has 1 aliphatic heterocycles. The highest BCUT2D eigenvalue weighted by atomic mass is 35.5. The molecule has 2 N–H and O–H groups in total. The molecule has 1 fully saturated rings. The smallest absolute Gasteiger partial charge is 0.120 e. The fourth-order valence-corrected chi connectivity index (χ4v) is 1.81. The molecule has 0 saturated carbocycles. The molecule has 0 spiro atoms. The van der Waals surface area contributed by atoms with Gasteiger partial charge in [-0.1, -0.05) is 12.1 Å². The minimum atomic E-state index is -0.270. The van der Waals surface area contributed by atoms with E-state index in [0.717, 1.165) is 25.1 Å². The van der Waals surface area contributed by atoms with Crippen LogP contribution in [0.4, 0.5) is 0 Å². The number of halogens is 1. The number of hydrogen-bond donors (Lipinski definition) is 2. The lowest BCUT2D eigenvalue weighted by Gasteiger charge is -2.23. The summed E-state index contributed by atoms with van der Waals surface area (Å²) >= 11 is 0. The normalized spacial score (nSPS) is 24.9. The van der Waals surface area contributed by atoms with E-state index in [9.17, 15) is 5.11 Å². The third kappa shape index (κ3) is 3.09. The van der Waals surface area contributed by atoms with E-state index in [-0.39, 0.29) is 18.1 Å². The summed E-state index contributed by atoms with van der Waals surface area (Å²) in [7, 11) is 0. The Hall–Kier alpha value is -0.770. The van der Waals surface area contributed by atoms with E-state index < -0.39 is 0 Å². The second-order valence-corrected chi connectivity index (χ2v) is 3.85. The average Bonchev–Trinajstić information content (AvgIpc) is 2.51. The Morgan fingerprint density at radius 3 is 2.93 bits per heavy atom. The first-order valence-corrected chi connectivity index (χ1v) is 4.85. The van der Waals surface area contributed by atoms with Crippen LogP contribution >= 0.6 is 12.4 Å². The lowest BCUT2D eigenvalue weighted by molar-refractivity contribution is 0.00700. The number of benzene rings is 1. The highest BCUT2D eigenvalue weighted by Crippen LogP contribution is 2.20. The van der Waals surface area contributed by atoms with Crippen molar-refractivity contribution in [1.29, 1.82) is 0 Å². The molecule has 1 aromatic rings. The Bertz CT molecular complexity index is 324. The minimum Gasteiger partial charge on any atom is -0.508 e. The maximum Gasteiger partial charge on any atom is 0.120 e. The molecule has 0 amide bonds. The summed E-state index contributed by atoms with van der Waals surface area (Å²) in [6, 6.07) is 7.29. The Kier molecular flexibility index (Phi) is 3.97. The van der Waals surface area contributed by atoms with Crippen molar-refractivity contribution in [2.24, 2.45) is 0 Å². The Balaban J connectivity index is 0.00000112. The van der Waals surface area contributed by atoms with Crippen molar-refractivity contribution in [3.05, 3.63) is 29.8 Å². The summed E-state index contributed by atoms with van der Waals surface area (Å²) in [5.41, 5.74) is 0.815. The van der Waals surface area contributed by atoms with E-state index in [1.807, 2.05) is 19.1 Å². The molecule has 0 aliphatic carbocycles. The van der Waals surface area contributed by atoms with Gasteiger partial charge >= 0.3 is 0 Å². The van der Waals surface area contributed by atoms with Gasteiger partial charge in [-0.25, -0.2) is 0 Å². The van der Waals surface area contributed by atoms with Crippen LogP contribution in [0.2, 0.25) is 0 Å². The van der Waals surface area contributed by atoms with Gasteiger partial charge in [-0.2, -0.15) is 0 Å². The van der Waals surface area contributed by atoms with Gasteiger partial charge in [0.25, 0.3) is 0 Å². The third-order valence-corrected chi connectivity index (χ3v) is 2.47. The fourth-order valence-electron chi connectivity index (χ4n) is 1.81. The van der Waals surface area contributed by atoms with Gasteiger partial charge in [-0.15, -0.1) is 12.4 Å². The van der Waals surface area contributed by atoms with Gasteiger partial charge in [0.1, 0.15) is 11.5 Å². The number of ether oxygens (including phenoxy) is 1. The number of nitrogens with one attached hydrogen (secondary N) is 1. The second-order valence-electron chi connectivity index (χ2n) is 3.85. The third-order valence-electron chi connectivity index (χ3n) is 2.47. The molecular weight excluding hydrogens is 214 g/mol. The zero-order valence-electron chi connectivity index (χ0n) is 8.69. The summed E-state index contributed by atoms with van der Waals surface area (Å²) < 4.78 is 5.59. The molecular formula is C11H16ClNO2. The van der Waals surface area contributed by atoms with Crippen LogP contribution in [-0.2, 0) is 11.2 Å². The van der Waals surface area contributed by atoms with Crippen LogP contribution in [0, 0.1) is 0 Å². The number of aromatic hydroxyl groups is 1. The molecule has 1 heterocycles. The van der Waals surface area contributed by atoms with Gasteiger partial charge in [0, 0.05) is 13.0 Å². The number of phenols is 1. The quantitative estimate of drug-likeness (QED) is 0.811. The molecule has 3 nitrogen and oxygen atoms in total. The molecule has 1 atom stereocenters. The molecule has 2 rings (SSSR count). The van der Waals surface area contributed by atoms with Gasteiger partial charge in [0.15, 0.2) is 0 Å². The lowest BCUT2D eigenvalue weighted by atomic mass is 10.0. The fraction of sp³-hybridized carbons (Fsp3) is 0.455. The SMILES string of the molecule is CC1(Cc2cccc(O)c2)NCCO1.Cl. The highest BCUT2D eigenvalue weighted by molar-refractivity contribution is 5.85. The lowest BCUT2D eigenvalue weighted by Crippen LogP contribution is -2.39. The van der Waals surface area contributed by atoms with Gasteiger partial charge in [0.2, 0.25) is 0 Å². The van der Waals surface area contributed by atoms with E-state index in [0.29, 0.717) is 5.75 Å². The first-order chi connectivity index (χ1) is 6.68. The second kappa shape index (κ2) is 4.84. The average molecular weight is 230 g/mol. The van der Waals surface area contributed by atoms with Crippen molar-refractivity contribution in [3.8, 4) is 5.75 Å². The molecule has 0 bridgehead atoms. The summed E-state index contributed by atoms with van der Waals surface area (Å²) in [5, 5.41) is 12.6. The predicted molar refractivity (Wildman–Crippen MR) is 61.4 cm³/mol. The summed E-state index contributed by atoms with van der Waals surface area (Å²) in [4.78, 5) is 0. The molecule has 1 unspecified atom stereocenters. The van der Waals surface area contributed by atoms with Crippen LogP contribution < -0.4 is 5.32 Å². The maximum atomic E-state index is 9.31. The largest absolute Gasteiger partial charge is 0.508 e. The van der Waals surface area contributed by atoms with Crippen molar-refractivity contribution in [3.63, 3.8) is 0 Å². The van der Waals surface area contributed by atoms with Gasteiger partial charge < -0.3 is 9.84 Å². The Labute approximate surface area is 95.9 Å². The van der Waals surface area contributed by atoms with E-state index in [2.05, 4.69) is 5.32 Å². The zero-order valence-corrected chi connectivity index (χ0v) is 9.51. The van der Waals surface area contributed by atoms with E-state index in [4.69, 9.17) is 4.74 Å². The molecule has 4 heteroatoms. The molecule has 84 valence electrons. The summed E-state index contributed by atoms with van der Waals surface area (Å²) in [6.07, 6.45) is 0.779. The number of hydrogen-bond acceptors (Lipinski definition) is 3. The van der Waals surface area contributed by atoms with E-state index in [1.165, 1.54) is 0 Å². The standard InChI is InChI=1S/C11H15NO2.ClH/c1-11(12-5-6-14-11)8-9-3-2-4-10(13)7-9;/h2-4,7,12-13H,5-6,8H2,1H3;1H. The maximum absolute atomic E-state index is 9.31. The van der Waals surface area contributed by atoms with E-state index in [1.54, 1.807) is 12.1 Å². The van der Waals surface area contributed by atoms with Crippen LogP contribution in [0.1, 0.15) is 12.5 Å².